The third-order valence-electron chi connectivity index (χ3n) is 4.45. The van der Waals surface area contributed by atoms with Gasteiger partial charge in [-0.1, -0.05) is 60.7 Å². The van der Waals surface area contributed by atoms with Gasteiger partial charge in [-0.3, -0.25) is 4.79 Å². The molecule has 0 saturated carbocycles. The van der Waals surface area contributed by atoms with Gasteiger partial charge in [0.25, 0.3) is 5.91 Å². The van der Waals surface area contributed by atoms with Crippen LogP contribution in [0.2, 0.25) is 0 Å². The van der Waals surface area contributed by atoms with Gasteiger partial charge in [0, 0.05) is 10.9 Å². The monoisotopic (exact) mass is 356 g/mol. The number of fused-ring (bicyclic) bond motifs is 2. The fourth-order valence-corrected chi connectivity index (χ4v) is 3.07. The summed E-state index contributed by atoms with van der Waals surface area (Å²) in [5.41, 5.74) is 3.05. The molecule has 3 N–H and O–H groups in total. The van der Waals surface area contributed by atoms with E-state index in [4.69, 9.17) is 0 Å². The van der Waals surface area contributed by atoms with Crippen molar-refractivity contribution in [2.24, 2.45) is 5.10 Å². The van der Waals surface area contributed by atoms with Crippen molar-refractivity contribution >= 4 is 33.7 Å². The number of hydrazone groups is 1. The van der Waals surface area contributed by atoms with Crippen LogP contribution in [0.1, 0.15) is 15.9 Å². The molecule has 0 bridgehead atoms. The Bertz CT molecular complexity index is 1200. The average molecular weight is 356 g/mol. The Morgan fingerprint density at radius 3 is 2.22 bits per heavy atom. The van der Waals surface area contributed by atoms with Crippen LogP contribution in [0.4, 0.5) is 0 Å². The highest BCUT2D eigenvalue weighted by Crippen LogP contribution is 2.28. The third kappa shape index (κ3) is 3.06. The van der Waals surface area contributed by atoms with Crippen LogP contribution in [-0.2, 0) is 0 Å². The predicted octanol–water partition coefficient (Wildman–Crippen LogP) is 4.17. The van der Waals surface area contributed by atoms with Gasteiger partial charge in [-0.25, -0.2) is 5.43 Å². The standard InChI is InChI=1S/C22H16N2O3/c25-20-12-10-14-5-1-3-7-16(14)19(20)13-23-24-22(27)18-11-9-15-6-2-4-8-17(15)21(18)26/h1-13,25-26H,(H,24,27). The molecule has 4 aromatic carbocycles. The Balaban J connectivity index is 1.62. The summed E-state index contributed by atoms with van der Waals surface area (Å²) in [5, 5.41) is 27.7. The third-order valence-corrected chi connectivity index (χ3v) is 4.45. The van der Waals surface area contributed by atoms with Gasteiger partial charge in [-0.2, -0.15) is 5.10 Å². The van der Waals surface area contributed by atoms with Crippen LogP contribution < -0.4 is 5.43 Å². The number of aromatic hydroxyl groups is 2. The van der Waals surface area contributed by atoms with Gasteiger partial charge in [0.1, 0.15) is 11.5 Å². The molecule has 4 aromatic rings. The number of nitrogens with one attached hydrogen (secondary N) is 1. The number of nitrogens with zero attached hydrogens (tertiary/aromatic N) is 1. The zero-order valence-corrected chi connectivity index (χ0v) is 14.3. The van der Waals surface area contributed by atoms with Gasteiger partial charge in [-0.15, -0.1) is 0 Å². The fourth-order valence-electron chi connectivity index (χ4n) is 3.07. The number of rotatable bonds is 3. The lowest BCUT2D eigenvalue weighted by atomic mass is 10.0. The van der Waals surface area contributed by atoms with Crippen molar-refractivity contribution in [3.05, 3.63) is 83.9 Å². The van der Waals surface area contributed by atoms with Crippen molar-refractivity contribution in [3.8, 4) is 11.5 Å². The minimum atomic E-state index is -0.533. The van der Waals surface area contributed by atoms with Crippen molar-refractivity contribution in [2.75, 3.05) is 0 Å². The minimum absolute atomic E-state index is 0.0697. The van der Waals surface area contributed by atoms with Crippen LogP contribution in [0, 0.1) is 0 Å². The number of amides is 1. The summed E-state index contributed by atoms with van der Waals surface area (Å²) in [6.45, 7) is 0. The molecule has 27 heavy (non-hydrogen) atoms. The summed E-state index contributed by atoms with van der Waals surface area (Å²) < 4.78 is 0. The van der Waals surface area contributed by atoms with Crippen molar-refractivity contribution in [3.63, 3.8) is 0 Å². The molecule has 1 amide bonds. The first-order chi connectivity index (χ1) is 13.1. The van der Waals surface area contributed by atoms with Crippen LogP contribution in [0.5, 0.6) is 11.5 Å². The number of hydrogen-bond acceptors (Lipinski definition) is 4. The summed E-state index contributed by atoms with van der Waals surface area (Å²) in [6, 6.07) is 21.6. The SMILES string of the molecule is O=C(NN=Cc1c(O)ccc2ccccc12)c1ccc2ccccc2c1O. The lowest BCUT2D eigenvalue weighted by Gasteiger charge is -2.07. The maximum Gasteiger partial charge on any atom is 0.275 e. The average Bonchev–Trinajstić information content (AvgIpc) is 2.70. The van der Waals surface area contributed by atoms with E-state index in [0.717, 1.165) is 16.2 Å². The fraction of sp³-hybridized carbons (Fsp3) is 0. The van der Waals surface area contributed by atoms with Crippen molar-refractivity contribution in [1.82, 2.24) is 5.43 Å². The van der Waals surface area contributed by atoms with Gasteiger partial charge in [-0.05, 0) is 28.3 Å². The summed E-state index contributed by atoms with van der Waals surface area (Å²) >= 11 is 0. The zero-order valence-electron chi connectivity index (χ0n) is 14.3. The largest absolute Gasteiger partial charge is 0.507 e. The second-order valence-corrected chi connectivity index (χ2v) is 6.10. The second kappa shape index (κ2) is 6.80. The molecule has 0 heterocycles. The molecule has 0 spiro atoms. The van der Waals surface area contributed by atoms with Crippen LogP contribution in [-0.4, -0.2) is 22.3 Å². The zero-order chi connectivity index (χ0) is 18.8. The number of carbonyl (C=O) groups is 1. The van der Waals surface area contributed by atoms with Gasteiger partial charge < -0.3 is 10.2 Å². The molecule has 5 nitrogen and oxygen atoms in total. The molecule has 5 heteroatoms. The summed E-state index contributed by atoms with van der Waals surface area (Å²) in [4.78, 5) is 12.4. The second-order valence-electron chi connectivity index (χ2n) is 6.10. The molecule has 0 aliphatic rings. The van der Waals surface area contributed by atoms with E-state index in [1.54, 1.807) is 30.3 Å². The molecular formula is C22H16N2O3. The molecule has 0 atom stereocenters. The van der Waals surface area contributed by atoms with Gasteiger partial charge in [0.05, 0.1) is 11.8 Å². The Labute approximate surface area is 155 Å². The normalized spacial score (nSPS) is 11.3. The topological polar surface area (TPSA) is 81.9 Å². The Hall–Kier alpha value is -3.86. The van der Waals surface area contributed by atoms with Crippen molar-refractivity contribution in [2.45, 2.75) is 0 Å². The van der Waals surface area contributed by atoms with E-state index in [-0.39, 0.29) is 17.1 Å². The lowest BCUT2D eigenvalue weighted by molar-refractivity contribution is 0.0952. The van der Waals surface area contributed by atoms with Crippen LogP contribution in [0.3, 0.4) is 0 Å². The Morgan fingerprint density at radius 1 is 0.815 bits per heavy atom. The van der Waals surface area contributed by atoms with Crippen molar-refractivity contribution < 1.29 is 15.0 Å². The lowest BCUT2D eigenvalue weighted by Crippen LogP contribution is -2.17. The van der Waals surface area contributed by atoms with E-state index in [0.29, 0.717) is 10.9 Å². The van der Waals surface area contributed by atoms with E-state index in [9.17, 15) is 15.0 Å². The molecule has 4 rings (SSSR count). The first-order valence-electron chi connectivity index (χ1n) is 8.40. The molecule has 0 radical (unpaired) electrons. The smallest absolute Gasteiger partial charge is 0.275 e. The van der Waals surface area contributed by atoms with Crippen LogP contribution in [0.15, 0.2) is 77.9 Å². The maximum absolute atomic E-state index is 12.4. The van der Waals surface area contributed by atoms with E-state index in [1.807, 2.05) is 42.5 Å². The predicted molar refractivity (Wildman–Crippen MR) is 106 cm³/mol. The van der Waals surface area contributed by atoms with Gasteiger partial charge in [0.2, 0.25) is 0 Å². The molecule has 0 aromatic heterocycles. The highest BCUT2D eigenvalue weighted by Gasteiger charge is 2.13. The summed E-state index contributed by atoms with van der Waals surface area (Å²) in [7, 11) is 0. The molecule has 0 aliphatic heterocycles. The number of phenols is 2. The molecule has 0 fully saturated rings. The van der Waals surface area contributed by atoms with Crippen LogP contribution >= 0.6 is 0 Å². The molecule has 132 valence electrons. The highest BCUT2D eigenvalue weighted by molar-refractivity contribution is 6.05. The van der Waals surface area contributed by atoms with E-state index >= 15 is 0 Å². The molecule has 0 unspecified atom stereocenters. The van der Waals surface area contributed by atoms with Gasteiger partial charge >= 0.3 is 0 Å². The van der Waals surface area contributed by atoms with Crippen LogP contribution in [0.25, 0.3) is 21.5 Å². The van der Waals surface area contributed by atoms with E-state index in [1.165, 1.54) is 6.21 Å². The number of carbonyl (C=O) groups excluding carboxylic acids is 1. The minimum Gasteiger partial charge on any atom is -0.507 e. The molecule has 0 saturated heterocycles. The number of phenolic OH excluding ortho intramolecular Hbond substituents is 2. The Kier molecular flexibility index (Phi) is 4.18. The van der Waals surface area contributed by atoms with E-state index < -0.39 is 5.91 Å². The summed E-state index contributed by atoms with van der Waals surface area (Å²) in [6.07, 6.45) is 1.40. The quantitative estimate of drug-likeness (QED) is 0.381. The van der Waals surface area contributed by atoms with Gasteiger partial charge in [0.15, 0.2) is 0 Å². The number of benzene rings is 4. The first-order valence-corrected chi connectivity index (χ1v) is 8.40. The highest BCUT2D eigenvalue weighted by atomic mass is 16.3. The van der Waals surface area contributed by atoms with E-state index in [2.05, 4.69) is 10.5 Å². The number of hydrogen-bond donors (Lipinski definition) is 3. The Morgan fingerprint density at radius 2 is 1.44 bits per heavy atom. The molecular weight excluding hydrogens is 340 g/mol. The first kappa shape index (κ1) is 16.6. The summed E-state index contributed by atoms with van der Waals surface area (Å²) in [5.74, 6) is -0.553. The van der Waals surface area contributed by atoms with Crippen molar-refractivity contribution in [1.29, 1.82) is 0 Å². The molecule has 0 aliphatic carbocycles. The maximum atomic E-state index is 12.4.